The maximum absolute atomic E-state index is 13.1. The summed E-state index contributed by atoms with van der Waals surface area (Å²) in [6.07, 6.45) is 7.75. The van der Waals surface area contributed by atoms with Gasteiger partial charge < -0.3 is 10.0 Å². The number of hydrogen-bond donors (Lipinski definition) is 1. The van der Waals surface area contributed by atoms with Gasteiger partial charge in [0, 0.05) is 24.5 Å². The van der Waals surface area contributed by atoms with Gasteiger partial charge in [0.2, 0.25) is 0 Å². The fraction of sp³-hybridized carbons (Fsp3) is 0.360. The van der Waals surface area contributed by atoms with Gasteiger partial charge in [-0.15, -0.1) is 0 Å². The summed E-state index contributed by atoms with van der Waals surface area (Å²) in [5, 5.41) is 14.6. The van der Waals surface area contributed by atoms with Crippen molar-refractivity contribution < 1.29 is 9.90 Å². The Morgan fingerprint density at radius 1 is 1.13 bits per heavy atom. The number of carbonyl (C=O) groups excluding carboxylic acids is 1. The molecule has 5 rings (SSSR count). The average molecular weight is 402 g/mol. The minimum Gasteiger partial charge on any atom is -0.391 e. The van der Waals surface area contributed by atoms with Crippen molar-refractivity contribution in [1.82, 2.24) is 14.7 Å². The Kier molecular flexibility index (Phi) is 4.91. The minimum atomic E-state index is -0.387. The van der Waals surface area contributed by atoms with Crippen LogP contribution in [0.4, 0.5) is 0 Å². The minimum absolute atomic E-state index is 0.0340. The van der Waals surface area contributed by atoms with E-state index in [9.17, 15) is 9.90 Å². The van der Waals surface area contributed by atoms with E-state index in [0.29, 0.717) is 6.54 Å². The van der Waals surface area contributed by atoms with E-state index in [0.717, 1.165) is 48.9 Å². The summed E-state index contributed by atoms with van der Waals surface area (Å²) in [6.45, 7) is 2.79. The molecule has 5 heteroatoms. The molecule has 3 aromatic rings. The average Bonchev–Trinajstić information content (AvgIpc) is 3.50. The molecule has 30 heavy (non-hydrogen) atoms. The zero-order valence-corrected chi connectivity index (χ0v) is 17.3. The molecule has 2 aliphatic rings. The van der Waals surface area contributed by atoms with E-state index in [1.165, 1.54) is 16.7 Å². The van der Waals surface area contributed by atoms with Crippen molar-refractivity contribution >= 4 is 5.91 Å². The van der Waals surface area contributed by atoms with Crippen LogP contribution in [0.15, 0.2) is 54.9 Å². The van der Waals surface area contributed by atoms with Gasteiger partial charge >= 0.3 is 0 Å². The van der Waals surface area contributed by atoms with Gasteiger partial charge in [0.05, 0.1) is 17.8 Å². The van der Waals surface area contributed by atoms with Gasteiger partial charge in [-0.05, 0) is 78.6 Å². The standard InChI is InChI=1S/C25H27N3O2/c1-2-18-14-20-16-27(23-5-3-6-24(23)29)25(30)22(20)15-19(18)13-17-7-9-21(10-8-17)28-12-4-11-26-28/h4,7-12,14-15,23-24,29H,2-3,5-6,13,16H2,1H3/t23-,24-/m1/s1. The smallest absolute Gasteiger partial charge is 0.254 e. The first kappa shape index (κ1) is 19.1. The summed E-state index contributed by atoms with van der Waals surface area (Å²) >= 11 is 0. The number of amides is 1. The first-order valence-electron chi connectivity index (χ1n) is 10.9. The Morgan fingerprint density at radius 3 is 2.63 bits per heavy atom. The number of fused-ring (bicyclic) bond motifs is 1. The van der Waals surface area contributed by atoms with E-state index in [2.05, 4.69) is 48.4 Å². The number of rotatable bonds is 5. The van der Waals surface area contributed by atoms with E-state index in [1.807, 2.05) is 21.8 Å². The molecule has 2 aromatic carbocycles. The SMILES string of the molecule is CCc1cc2c(cc1Cc1ccc(-n3cccn3)cc1)C(=O)N([C@@H]1CCC[C@H]1O)C2. The van der Waals surface area contributed by atoms with Crippen LogP contribution in [0.2, 0.25) is 0 Å². The monoisotopic (exact) mass is 401 g/mol. The lowest BCUT2D eigenvalue weighted by Crippen LogP contribution is -2.40. The van der Waals surface area contributed by atoms with Crippen LogP contribution < -0.4 is 0 Å². The number of aliphatic hydroxyl groups is 1. The van der Waals surface area contributed by atoms with Gasteiger partial charge in [0.1, 0.15) is 0 Å². The van der Waals surface area contributed by atoms with Crippen LogP contribution in [0, 0.1) is 0 Å². The topological polar surface area (TPSA) is 58.4 Å². The largest absolute Gasteiger partial charge is 0.391 e. The quantitative estimate of drug-likeness (QED) is 0.706. The van der Waals surface area contributed by atoms with Crippen LogP contribution in [-0.4, -0.2) is 37.8 Å². The summed E-state index contributed by atoms with van der Waals surface area (Å²) < 4.78 is 1.85. The maximum atomic E-state index is 13.1. The molecule has 154 valence electrons. The first-order valence-corrected chi connectivity index (χ1v) is 10.9. The number of aliphatic hydroxyl groups excluding tert-OH is 1. The van der Waals surface area contributed by atoms with E-state index in [4.69, 9.17) is 0 Å². The summed E-state index contributed by atoms with van der Waals surface area (Å²) in [5.41, 5.74) is 6.68. The highest BCUT2D eigenvalue weighted by molar-refractivity contribution is 5.99. The third-order valence-corrected chi connectivity index (χ3v) is 6.58. The van der Waals surface area contributed by atoms with Crippen molar-refractivity contribution in [3.63, 3.8) is 0 Å². The highest BCUT2D eigenvalue weighted by Gasteiger charge is 2.38. The van der Waals surface area contributed by atoms with Crippen molar-refractivity contribution in [1.29, 1.82) is 0 Å². The van der Waals surface area contributed by atoms with E-state index in [1.54, 1.807) is 6.20 Å². The molecule has 1 fully saturated rings. The van der Waals surface area contributed by atoms with Crippen molar-refractivity contribution in [3.8, 4) is 5.69 Å². The molecule has 5 nitrogen and oxygen atoms in total. The second-order valence-electron chi connectivity index (χ2n) is 8.42. The molecular formula is C25H27N3O2. The molecule has 0 bridgehead atoms. The fourth-order valence-electron chi connectivity index (χ4n) is 4.93. The van der Waals surface area contributed by atoms with E-state index < -0.39 is 0 Å². The summed E-state index contributed by atoms with van der Waals surface area (Å²) in [7, 11) is 0. The molecule has 1 saturated carbocycles. The number of aromatic nitrogens is 2. The molecule has 1 N–H and O–H groups in total. The van der Waals surface area contributed by atoms with Crippen LogP contribution in [0.25, 0.3) is 5.69 Å². The zero-order chi connectivity index (χ0) is 20.7. The number of hydrogen-bond acceptors (Lipinski definition) is 3. The molecule has 2 heterocycles. The predicted octanol–water partition coefficient (Wildman–Crippen LogP) is 3.89. The Balaban J connectivity index is 1.40. The maximum Gasteiger partial charge on any atom is 0.254 e. The third kappa shape index (κ3) is 3.33. The van der Waals surface area contributed by atoms with Crippen molar-refractivity contribution in [2.24, 2.45) is 0 Å². The van der Waals surface area contributed by atoms with Gasteiger partial charge in [0.25, 0.3) is 5.91 Å². The molecule has 0 unspecified atom stereocenters. The predicted molar refractivity (Wildman–Crippen MR) is 116 cm³/mol. The Hall–Kier alpha value is -2.92. The molecule has 2 atom stereocenters. The van der Waals surface area contributed by atoms with Gasteiger partial charge in [-0.3, -0.25) is 4.79 Å². The summed E-state index contributed by atoms with van der Waals surface area (Å²) in [5.74, 6) is 0.0777. The second kappa shape index (κ2) is 7.73. The van der Waals surface area contributed by atoms with Crippen molar-refractivity contribution in [2.45, 2.75) is 57.7 Å². The summed E-state index contributed by atoms with van der Waals surface area (Å²) in [4.78, 5) is 15.0. The van der Waals surface area contributed by atoms with Crippen molar-refractivity contribution in [2.75, 3.05) is 0 Å². The lowest BCUT2D eigenvalue weighted by Gasteiger charge is -2.26. The molecule has 0 radical (unpaired) electrons. The second-order valence-corrected chi connectivity index (χ2v) is 8.42. The van der Waals surface area contributed by atoms with Crippen LogP contribution in [0.3, 0.4) is 0 Å². The van der Waals surface area contributed by atoms with Gasteiger partial charge in [-0.1, -0.05) is 25.1 Å². The molecule has 0 spiro atoms. The normalized spacial score (nSPS) is 20.7. The van der Waals surface area contributed by atoms with Crippen LogP contribution in [0.1, 0.15) is 58.8 Å². The van der Waals surface area contributed by atoms with Crippen LogP contribution in [-0.2, 0) is 19.4 Å². The van der Waals surface area contributed by atoms with Gasteiger partial charge in [-0.2, -0.15) is 5.10 Å². The molecule has 1 aliphatic heterocycles. The van der Waals surface area contributed by atoms with Crippen molar-refractivity contribution in [3.05, 3.63) is 82.7 Å². The first-order chi connectivity index (χ1) is 14.6. The Morgan fingerprint density at radius 2 is 1.97 bits per heavy atom. The molecule has 1 amide bonds. The number of aryl methyl sites for hydroxylation is 1. The Bertz CT molecular complexity index is 1060. The van der Waals surface area contributed by atoms with Gasteiger partial charge in [0.15, 0.2) is 0 Å². The number of benzene rings is 2. The lowest BCUT2D eigenvalue weighted by atomic mass is 9.93. The molecule has 0 saturated heterocycles. The van der Waals surface area contributed by atoms with Gasteiger partial charge in [-0.25, -0.2) is 4.68 Å². The highest BCUT2D eigenvalue weighted by Crippen LogP contribution is 2.34. The van der Waals surface area contributed by atoms with E-state index >= 15 is 0 Å². The zero-order valence-electron chi connectivity index (χ0n) is 17.3. The lowest BCUT2D eigenvalue weighted by molar-refractivity contribution is 0.0479. The summed E-state index contributed by atoms with van der Waals surface area (Å²) in [6, 6.07) is 14.6. The van der Waals surface area contributed by atoms with Crippen LogP contribution >= 0.6 is 0 Å². The van der Waals surface area contributed by atoms with E-state index in [-0.39, 0.29) is 18.1 Å². The molecule has 1 aliphatic carbocycles. The molecule has 1 aromatic heterocycles. The highest BCUT2D eigenvalue weighted by atomic mass is 16.3. The fourth-order valence-corrected chi connectivity index (χ4v) is 4.93. The van der Waals surface area contributed by atoms with Crippen LogP contribution in [0.5, 0.6) is 0 Å². The number of carbonyl (C=O) groups is 1. The third-order valence-electron chi connectivity index (χ3n) is 6.58. The Labute approximate surface area is 177 Å². The molecular weight excluding hydrogens is 374 g/mol. The number of nitrogens with zero attached hydrogens (tertiary/aromatic N) is 3.